The molecule has 2 N–H and O–H groups in total. The van der Waals surface area contributed by atoms with Gasteiger partial charge in [-0.05, 0) is 42.4 Å². The summed E-state index contributed by atoms with van der Waals surface area (Å²) in [5, 5.41) is 5.97. The molecule has 3 heterocycles. The Morgan fingerprint density at radius 2 is 1.84 bits per heavy atom. The maximum atomic E-state index is 13.2. The molecule has 3 amide bonds. The third kappa shape index (κ3) is 4.42. The number of aromatic nitrogens is 1. The highest BCUT2D eigenvalue weighted by atomic mass is 16.2. The van der Waals surface area contributed by atoms with Crippen molar-refractivity contribution in [1.29, 1.82) is 0 Å². The molecule has 3 atom stereocenters. The van der Waals surface area contributed by atoms with Gasteiger partial charge in [0.15, 0.2) is 0 Å². The van der Waals surface area contributed by atoms with Crippen LogP contribution in [0.25, 0.3) is 0 Å². The number of rotatable bonds is 5. The SMILES string of the molecule is CCc1ccccc1NC(=O)[C@@H](NC(=O)N1C[C@@H]2C[C@@H](C1)c1cccc(=O)n1C2)C(C)C. The first-order valence-electron chi connectivity index (χ1n) is 11.5. The molecule has 170 valence electrons. The zero-order valence-corrected chi connectivity index (χ0v) is 19.0. The van der Waals surface area contributed by atoms with E-state index < -0.39 is 6.04 Å². The smallest absolute Gasteiger partial charge is 0.318 e. The van der Waals surface area contributed by atoms with Crippen molar-refractivity contribution in [2.24, 2.45) is 11.8 Å². The summed E-state index contributed by atoms with van der Waals surface area (Å²) >= 11 is 0. The van der Waals surface area contributed by atoms with Crippen LogP contribution in [0.15, 0.2) is 47.3 Å². The molecule has 2 aliphatic rings. The van der Waals surface area contributed by atoms with E-state index in [4.69, 9.17) is 0 Å². The number of carbonyl (C=O) groups excluding carboxylic acids is 2. The topological polar surface area (TPSA) is 83.4 Å². The molecule has 32 heavy (non-hydrogen) atoms. The van der Waals surface area contributed by atoms with Gasteiger partial charge in [-0.15, -0.1) is 0 Å². The molecule has 0 saturated carbocycles. The minimum absolute atomic E-state index is 0.0269. The van der Waals surface area contributed by atoms with Crippen molar-refractivity contribution in [3.63, 3.8) is 0 Å². The van der Waals surface area contributed by atoms with Crippen molar-refractivity contribution < 1.29 is 9.59 Å². The van der Waals surface area contributed by atoms with Gasteiger partial charge in [0, 0.05) is 43.0 Å². The number of nitrogens with zero attached hydrogens (tertiary/aromatic N) is 2. The van der Waals surface area contributed by atoms with Gasteiger partial charge in [-0.1, -0.05) is 45.0 Å². The Kier molecular flexibility index (Phi) is 6.35. The summed E-state index contributed by atoms with van der Waals surface area (Å²) in [7, 11) is 0. The molecule has 1 fully saturated rings. The number of carbonyl (C=O) groups is 2. The summed E-state index contributed by atoms with van der Waals surface area (Å²) < 4.78 is 1.85. The first kappa shape index (κ1) is 22.1. The van der Waals surface area contributed by atoms with Crippen LogP contribution in [0.4, 0.5) is 10.5 Å². The minimum atomic E-state index is -0.635. The fourth-order valence-corrected chi connectivity index (χ4v) is 4.98. The number of likely N-dealkylation sites (tertiary alicyclic amines) is 1. The van der Waals surface area contributed by atoms with Gasteiger partial charge in [-0.3, -0.25) is 9.59 Å². The van der Waals surface area contributed by atoms with Gasteiger partial charge in [-0.2, -0.15) is 0 Å². The molecule has 1 aromatic carbocycles. The summed E-state index contributed by atoms with van der Waals surface area (Å²) in [6.07, 6.45) is 1.80. The van der Waals surface area contributed by atoms with E-state index in [0.717, 1.165) is 29.8 Å². The van der Waals surface area contributed by atoms with Crippen LogP contribution in [0.5, 0.6) is 0 Å². The first-order valence-corrected chi connectivity index (χ1v) is 11.5. The molecule has 7 heteroatoms. The molecule has 2 aliphatic heterocycles. The summed E-state index contributed by atoms with van der Waals surface area (Å²) in [6, 6.07) is 12.3. The third-order valence-electron chi connectivity index (χ3n) is 6.65. The maximum absolute atomic E-state index is 13.2. The van der Waals surface area contributed by atoms with Crippen molar-refractivity contribution in [3.05, 3.63) is 64.1 Å². The van der Waals surface area contributed by atoms with E-state index in [1.165, 1.54) is 0 Å². The largest absolute Gasteiger partial charge is 0.326 e. The van der Waals surface area contributed by atoms with E-state index in [2.05, 4.69) is 10.6 Å². The number of aryl methyl sites for hydroxylation is 1. The molecule has 7 nitrogen and oxygen atoms in total. The van der Waals surface area contributed by atoms with E-state index in [9.17, 15) is 14.4 Å². The van der Waals surface area contributed by atoms with E-state index >= 15 is 0 Å². The van der Waals surface area contributed by atoms with Gasteiger partial charge in [-0.25, -0.2) is 4.79 Å². The number of para-hydroxylation sites is 1. The van der Waals surface area contributed by atoms with Crippen molar-refractivity contribution >= 4 is 17.6 Å². The zero-order valence-electron chi connectivity index (χ0n) is 19.0. The summed E-state index contributed by atoms with van der Waals surface area (Å²) in [5.41, 5.74) is 2.88. The van der Waals surface area contributed by atoms with E-state index in [1.54, 1.807) is 12.1 Å². The summed E-state index contributed by atoms with van der Waals surface area (Å²) in [4.78, 5) is 40.3. The molecule has 4 rings (SSSR count). The third-order valence-corrected chi connectivity index (χ3v) is 6.65. The number of nitrogens with one attached hydrogen (secondary N) is 2. The van der Waals surface area contributed by atoms with Gasteiger partial charge < -0.3 is 20.1 Å². The number of piperidine rings is 1. The van der Waals surface area contributed by atoms with Gasteiger partial charge in [0.2, 0.25) is 5.91 Å². The Morgan fingerprint density at radius 1 is 1.06 bits per heavy atom. The quantitative estimate of drug-likeness (QED) is 0.755. The Bertz CT molecular complexity index is 1060. The van der Waals surface area contributed by atoms with E-state index in [-0.39, 0.29) is 35.3 Å². The van der Waals surface area contributed by atoms with Crippen LogP contribution in [0.3, 0.4) is 0 Å². The average Bonchev–Trinajstić information content (AvgIpc) is 2.78. The maximum Gasteiger partial charge on any atom is 0.318 e. The highest BCUT2D eigenvalue weighted by molar-refractivity contribution is 5.97. The van der Waals surface area contributed by atoms with Gasteiger partial charge in [0.25, 0.3) is 5.56 Å². The molecule has 2 aromatic rings. The predicted octanol–water partition coefficient (Wildman–Crippen LogP) is 3.20. The number of amides is 3. The molecular weight excluding hydrogens is 404 g/mol. The van der Waals surface area contributed by atoms with E-state index in [0.29, 0.717) is 19.6 Å². The Hall–Kier alpha value is -3.09. The predicted molar refractivity (Wildman–Crippen MR) is 125 cm³/mol. The monoisotopic (exact) mass is 436 g/mol. The van der Waals surface area contributed by atoms with Crippen LogP contribution in [-0.2, 0) is 17.8 Å². The molecule has 0 unspecified atom stereocenters. The molecule has 1 aromatic heterocycles. The highest BCUT2D eigenvalue weighted by Gasteiger charge is 2.37. The van der Waals surface area contributed by atoms with Gasteiger partial charge in [0.1, 0.15) is 6.04 Å². The number of anilines is 1. The number of hydrogen-bond donors (Lipinski definition) is 2. The van der Waals surface area contributed by atoms with Crippen LogP contribution >= 0.6 is 0 Å². The summed E-state index contributed by atoms with van der Waals surface area (Å²) in [6.45, 7) is 7.70. The van der Waals surface area contributed by atoms with Crippen LogP contribution in [0.2, 0.25) is 0 Å². The lowest BCUT2D eigenvalue weighted by Gasteiger charge is -2.43. The van der Waals surface area contributed by atoms with Crippen molar-refractivity contribution in [2.75, 3.05) is 18.4 Å². The first-order chi connectivity index (χ1) is 15.4. The number of hydrogen-bond acceptors (Lipinski definition) is 3. The standard InChI is InChI=1S/C25H32N4O3/c1-4-18-8-5-6-9-20(18)26-24(31)23(16(2)3)27-25(32)28-13-17-12-19(15-28)21-10-7-11-22(30)29(21)14-17/h5-11,16-17,19,23H,4,12-15H2,1-3H3,(H,26,31)(H,27,32)/t17-,19-,23-/m0/s1. The van der Waals surface area contributed by atoms with Crippen molar-refractivity contribution in [2.45, 2.75) is 52.1 Å². The average molecular weight is 437 g/mol. The fourth-order valence-electron chi connectivity index (χ4n) is 4.98. The second-order valence-electron chi connectivity index (χ2n) is 9.27. The Morgan fingerprint density at radius 3 is 2.59 bits per heavy atom. The zero-order chi connectivity index (χ0) is 22.8. The molecule has 0 spiro atoms. The highest BCUT2D eigenvalue weighted by Crippen LogP contribution is 2.35. The van der Waals surface area contributed by atoms with Gasteiger partial charge in [0.05, 0.1) is 0 Å². The lowest BCUT2D eigenvalue weighted by molar-refractivity contribution is -0.118. The van der Waals surface area contributed by atoms with Crippen LogP contribution in [0.1, 0.15) is 44.4 Å². The van der Waals surface area contributed by atoms with Gasteiger partial charge >= 0.3 is 6.03 Å². The number of fused-ring (bicyclic) bond motifs is 4. The lowest BCUT2D eigenvalue weighted by atomic mass is 9.83. The van der Waals surface area contributed by atoms with Crippen LogP contribution < -0.4 is 16.2 Å². The molecule has 2 bridgehead atoms. The normalized spacial score (nSPS) is 20.4. The molecule has 0 radical (unpaired) electrons. The Labute approximate surface area is 188 Å². The number of pyridine rings is 1. The van der Waals surface area contributed by atoms with Crippen molar-refractivity contribution in [3.8, 4) is 0 Å². The molecule has 0 aliphatic carbocycles. The van der Waals surface area contributed by atoms with Crippen molar-refractivity contribution in [1.82, 2.24) is 14.8 Å². The van der Waals surface area contributed by atoms with Crippen LogP contribution in [-0.4, -0.2) is 40.5 Å². The van der Waals surface area contributed by atoms with E-state index in [1.807, 2.05) is 60.6 Å². The number of benzene rings is 1. The fraction of sp³-hybridized carbons (Fsp3) is 0.480. The minimum Gasteiger partial charge on any atom is -0.326 e. The molecular formula is C25H32N4O3. The number of urea groups is 1. The van der Waals surface area contributed by atoms with Crippen LogP contribution in [0, 0.1) is 11.8 Å². The second-order valence-corrected chi connectivity index (χ2v) is 9.27. The second kappa shape index (κ2) is 9.18. The Balaban J connectivity index is 1.46. The summed E-state index contributed by atoms with van der Waals surface area (Å²) in [5.74, 6) is 0.124. The lowest BCUT2D eigenvalue weighted by Crippen LogP contribution is -2.56. The molecule has 1 saturated heterocycles.